The molecular formula is C20H19N3O4. The number of urea groups is 1. The Morgan fingerprint density at radius 1 is 1.04 bits per heavy atom. The molecule has 0 radical (unpaired) electrons. The molecule has 1 atom stereocenters. The fourth-order valence-corrected chi connectivity index (χ4v) is 3.08. The number of benzene rings is 2. The van der Waals surface area contributed by atoms with Crippen LogP contribution in [0.2, 0.25) is 0 Å². The van der Waals surface area contributed by atoms with Gasteiger partial charge in [-0.25, -0.2) is 4.79 Å². The standard InChI is InChI=1S/C20H19N3O4/c1-13(24)14-6-5-9-16(12-14)21-17(25)10-11-20(15-7-3-2-4-8-15)18(26)22-19(27)23-20/h2-9,12H,10-11H2,1H3,(H,21,25)(H2,22,23,26,27). The number of anilines is 1. The normalized spacial score (nSPS) is 18.6. The van der Waals surface area contributed by atoms with Crippen molar-refractivity contribution in [2.45, 2.75) is 25.3 Å². The van der Waals surface area contributed by atoms with Gasteiger partial charge in [0, 0.05) is 17.7 Å². The molecule has 3 N–H and O–H groups in total. The number of imide groups is 1. The van der Waals surface area contributed by atoms with E-state index < -0.39 is 17.5 Å². The molecule has 1 aliphatic heterocycles. The van der Waals surface area contributed by atoms with Gasteiger partial charge in [0.05, 0.1) is 0 Å². The molecule has 1 fully saturated rings. The van der Waals surface area contributed by atoms with E-state index in [1.54, 1.807) is 54.6 Å². The Balaban J connectivity index is 1.74. The zero-order valence-electron chi connectivity index (χ0n) is 14.7. The van der Waals surface area contributed by atoms with Crippen molar-refractivity contribution < 1.29 is 19.2 Å². The summed E-state index contributed by atoms with van der Waals surface area (Å²) in [6.45, 7) is 1.45. The number of amides is 4. The predicted molar refractivity (Wildman–Crippen MR) is 99.1 cm³/mol. The Morgan fingerprint density at radius 2 is 1.78 bits per heavy atom. The molecule has 0 aromatic heterocycles. The molecule has 27 heavy (non-hydrogen) atoms. The van der Waals surface area contributed by atoms with E-state index in [1.165, 1.54) is 6.92 Å². The first-order valence-corrected chi connectivity index (χ1v) is 8.51. The molecule has 0 aliphatic carbocycles. The molecular weight excluding hydrogens is 346 g/mol. The third-order valence-electron chi connectivity index (χ3n) is 4.49. The van der Waals surface area contributed by atoms with Crippen LogP contribution < -0.4 is 16.0 Å². The van der Waals surface area contributed by atoms with Gasteiger partial charge in [-0.3, -0.25) is 19.7 Å². The van der Waals surface area contributed by atoms with Crippen molar-refractivity contribution in [3.8, 4) is 0 Å². The van der Waals surface area contributed by atoms with Crippen molar-refractivity contribution in [1.29, 1.82) is 0 Å². The van der Waals surface area contributed by atoms with E-state index >= 15 is 0 Å². The van der Waals surface area contributed by atoms with E-state index in [4.69, 9.17) is 0 Å². The first kappa shape index (κ1) is 18.3. The summed E-state index contributed by atoms with van der Waals surface area (Å²) in [6, 6.07) is 14.9. The highest BCUT2D eigenvalue weighted by molar-refractivity contribution is 6.07. The lowest BCUT2D eigenvalue weighted by atomic mass is 9.85. The van der Waals surface area contributed by atoms with Crippen molar-refractivity contribution in [1.82, 2.24) is 10.6 Å². The summed E-state index contributed by atoms with van der Waals surface area (Å²) in [4.78, 5) is 48.0. The highest BCUT2D eigenvalue weighted by Crippen LogP contribution is 2.30. The van der Waals surface area contributed by atoms with Crippen molar-refractivity contribution >= 4 is 29.3 Å². The highest BCUT2D eigenvalue weighted by atomic mass is 16.2. The van der Waals surface area contributed by atoms with Crippen LogP contribution in [-0.4, -0.2) is 23.6 Å². The topological polar surface area (TPSA) is 104 Å². The number of carbonyl (C=O) groups is 4. The Kier molecular flexibility index (Phi) is 5.03. The number of ketones is 1. The zero-order valence-corrected chi connectivity index (χ0v) is 14.7. The van der Waals surface area contributed by atoms with Crippen LogP contribution >= 0.6 is 0 Å². The minimum absolute atomic E-state index is 0.00684. The Labute approximate surface area is 156 Å². The highest BCUT2D eigenvalue weighted by Gasteiger charge is 2.47. The molecule has 7 nitrogen and oxygen atoms in total. The summed E-state index contributed by atoms with van der Waals surface area (Å²) >= 11 is 0. The van der Waals surface area contributed by atoms with Crippen molar-refractivity contribution in [3.63, 3.8) is 0 Å². The number of rotatable bonds is 6. The van der Waals surface area contributed by atoms with E-state index in [0.29, 0.717) is 16.8 Å². The largest absolute Gasteiger partial charge is 0.326 e. The van der Waals surface area contributed by atoms with Crippen LogP contribution in [0.15, 0.2) is 54.6 Å². The first-order valence-electron chi connectivity index (χ1n) is 8.51. The van der Waals surface area contributed by atoms with Crippen LogP contribution in [0.4, 0.5) is 10.5 Å². The van der Waals surface area contributed by atoms with Gasteiger partial charge in [0.2, 0.25) is 5.91 Å². The number of hydrogen-bond donors (Lipinski definition) is 3. The van der Waals surface area contributed by atoms with Crippen molar-refractivity contribution in [3.05, 3.63) is 65.7 Å². The van der Waals surface area contributed by atoms with Crippen molar-refractivity contribution in [2.75, 3.05) is 5.32 Å². The van der Waals surface area contributed by atoms with E-state index in [1.807, 2.05) is 0 Å². The van der Waals surface area contributed by atoms with Gasteiger partial charge in [0.1, 0.15) is 5.54 Å². The number of nitrogens with one attached hydrogen (secondary N) is 3. The van der Waals surface area contributed by atoms with Crippen LogP contribution in [0.1, 0.15) is 35.7 Å². The van der Waals surface area contributed by atoms with E-state index in [9.17, 15) is 19.2 Å². The second-order valence-corrected chi connectivity index (χ2v) is 6.36. The van der Waals surface area contributed by atoms with Crippen LogP contribution in [-0.2, 0) is 15.1 Å². The summed E-state index contributed by atoms with van der Waals surface area (Å²) in [5, 5.41) is 7.61. The summed E-state index contributed by atoms with van der Waals surface area (Å²) in [5.41, 5.74) is 0.328. The second-order valence-electron chi connectivity index (χ2n) is 6.36. The Hall–Kier alpha value is -3.48. The minimum atomic E-state index is -1.28. The summed E-state index contributed by atoms with van der Waals surface area (Å²) in [5.74, 6) is -0.899. The minimum Gasteiger partial charge on any atom is -0.326 e. The molecule has 0 spiro atoms. The van der Waals surface area contributed by atoms with Crippen LogP contribution in [0.25, 0.3) is 0 Å². The molecule has 0 saturated carbocycles. The van der Waals surface area contributed by atoms with E-state index in [0.717, 1.165) is 0 Å². The molecule has 7 heteroatoms. The SMILES string of the molecule is CC(=O)c1cccc(NC(=O)CCC2(c3ccccc3)NC(=O)NC2=O)c1. The van der Waals surface area contributed by atoms with Gasteiger partial charge >= 0.3 is 6.03 Å². The predicted octanol–water partition coefficient (Wildman–Crippen LogP) is 2.34. The molecule has 2 aromatic carbocycles. The van der Waals surface area contributed by atoms with Gasteiger partial charge in [-0.1, -0.05) is 42.5 Å². The Bertz CT molecular complexity index is 910. The third-order valence-corrected chi connectivity index (χ3v) is 4.49. The van der Waals surface area contributed by atoms with Crippen molar-refractivity contribution in [2.24, 2.45) is 0 Å². The quantitative estimate of drug-likeness (QED) is 0.540. The second kappa shape index (κ2) is 7.41. The monoisotopic (exact) mass is 365 g/mol. The molecule has 1 saturated heterocycles. The smallest absolute Gasteiger partial charge is 0.322 e. The zero-order chi connectivity index (χ0) is 19.4. The molecule has 1 unspecified atom stereocenters. The maximum atomic E-state index is 12.4. The average molecular weight is 365 g/mol. The first-order chi connectivity index (χ1) is 12.9. The maximum absolute atomic E-state index is 12.4. The van der Waals surface area contributed by atoms with E-state index in [2.05, 4.69) is 16.0 Å². The lowest BCUT2D eigenvalue weighted by molar-refractivity contribution is -0.125. The summed E-state index contributed by atoms with van der Waals surface area (Å²) < 4.78 is 0. The van der Waals surface area contributed by atoms with Gasteiger partial charge in [-0.05, 0) is 31.0 Å². The lowest BCUT2D eigenvalue weighted by Crippen LogP contribution is -2.44. The fraction of sp³-hybridized carbons (Fsp3) is 0.200. The number of Topliss-reactive ketones (excluding diaryl/α,β-unsaturated/α-hetero) is 1. The maximum Gasteiger partial charge on any atom is 0.322 e. The van der Waals surface area contributed by atoms with Gasteiger partial charge < -0.3 is 10.6 Å². The van der Waals surface area contributed by atoms with Gasteiger partial charge in [-0.15, -0.1) is 0 Å². The van der Waals surface area contributed by atoms with Gasteiger partial charge in [0.25, 0.3) is 5.91 Å². The molecule has 1 aliphatic rings. The summed E-state index contributed by atoms with van der Waals surface area (Å²) in [6.07, 6.45) is 0.111. The van der Waals surface area contributed by atoms with Crippen LogP contribution in [0, 0.1) is 0 Å². The lowest BCUT2D eigenvalue weighted by Gasteiger charge is -2.26. The third kappa shape index (κ3) is 3.87. The fourth-order valence-electron chi connectivity index (χ4n) is 3.08. The average Bonchev–Trinajstić information content (AvgIpc) is 2.95. The van der Waals surface area contributed by atoms with Gasteiger partial charge in [0.15, 0.2) is 5.78 Å². The molecule has 1 heterocycles. The molecule has 138 valence electrons. The number of hydrogen-bond acceptors (Lipinski definition) is 4. The van der Waals surface area contributed by atoms with E-state index in [-0.39, 0.29) is 24.5 Å². The molecule has 4 amide bonds. The van der Waals surface area contributed by atoms with Crippen LogP contribution in [0.5, 0.6) is 0 Å². The number of carbonyl (C=O) groups excluding carboxylic acids is 4. The van der Waals surface area contributed by atoms with Gasteiger partial charge in [-0.2, -0.15) is 0 Å². The molecule has 2 aromatic rings. The molecule has 0 bridgehead atoms. The molecule has 3 rings (SSSR count). The summed E-state index contributed by atoms with van der Waals surface area (Å²) in [7, 11) is 0. The van der Waals surface area contributed by atoms with Crippen LogP contribution in [0.3, 0.4) is 0 Å². The Morgan fingerprint density at radius 3 is 2.41 bits per heavy atom.